The Morgan fingerprint density at radius 2 is 2.05 bits per heavy atom. The van der Waals surface area contributed by atoms with Crippen molar-refractivity contribution in [3.8, 4) is 5.75 Å². The summed E-state index contributed by atoms with van der Waals surface area (Å²) < 4.78 is 5.79. The summed E-state index contributed by atoms with van der Waals surface area (Å²) in [7, 11) is 0. The van der Waals surface area contributed by atoms with Gasteiger partial charge in [-0.25, -0.2) is 4.98 Å². The van der Waals surface area contributed by atoms with Crippen molar-refractivity contribution in [3.05, 3.63) is 34.1 Å². The van der Waals surface area contributed by atoms with Crippen molar-refractivity contribution in [2.45, 2.75) is 19.8 Å². The lowest BCUT2D eigenvalue weighted by atomic mass is 10.00. The second kappa shape index (κ2) is 3.88. The van der Waals surface area contributed by atoms with Gasteiger partial charge in [0.15, 0.2) is 16.8 Å². The maximum absolute atomic E-state index is 11.6. The van der Waals surface area contributed by atoms with Gasteiger partial charge in [0, 0.05) is 17.1 Å². The van der Waals surface area contributed by atoms with E-state index in [-0.39, 0.29) is 17.3 Å². The topological polar surface area (TPSA) is 94.9 Å². The summed E-state index contributed by atoms with van der Waals surface area (Å²) in [5.74, 6) is -0.160. The minimum Gasteiger partial charge on any atom is -0.502 e. The highest BCUT2D eigenvalue weighted by atomic mass is 16.4. The third kappa shape index (κ3) is 1.47. The van der Waals surface area contributed by atoms with E-state index in [4.69, 9.17) is 4.42 Å². The van der Waals surface area contributed by atoms with Crippen molar-refractivity contribution >= 4 is 33.1 Å². The molecule has 3 N–H and O–H groups in total. The summed E-state index contributed by atoms with van der Waals surface area (Å²) in [5, 5.41) is 17.4. The molecule has 0 aliphatic heterocycles. The SMILES string of the molecule is CC(C)c1c2c[nH][nH]c2nc2c1oc1c(O)c(=O)ccc12. The van der Waals surface area contributed by atoms with E-state index >= 15 is 0 Å². The molecular formula is C15H13N3O3. The van der Waals surface area contributed by atoms with E-state index in [0.717, 1.165) is 16.6 Å². The second-order valence-corrected chi connectivity index (χ2v) is 5.42. The molecule has 0 fully saturated rings. The quantitative estimate of drug-likeness (QED) is 0.500. The summed E-state index contributed by atoms with van der Waals surface area (Å²) in [5.41, 5.74) is 2.72. The molecular weight excluding hydrogens is 270 g/mol. The normalized spacial score (nSPS) is 12.1. The molecule has 106 valence electrons. The van der Waals surface area contributed by atoms with Crippen LogP contribution in [0.3, 0.4) is 0 Å². The monoisotopic (exact) mass is 283 g/mol. The summed E-state index contributed by atoms with van der Waals surface area (Å²) in [6.45, 7) is 4.13. The highest BCUT2D eigenvalue weighted by Crippen LogP contribution is 2.38. The molecule has 0 saturated carbocycles. The summed E-state index contributed by atoms with van der Waals surface area (Å²) >= 11 is 0. The fourth-order valence-electron chi connectivity index (χ4n) is 2.82. The molecule has 4 rings (SSSR count). The van der Waals surface area contributed by atoms with E-state index < -0.39 is 5.43 Å². The molecule has 0 aliphatic rings. The van der Waals surface area contributed by atoms with Crippen LogP contribution in [0.4, 0.5) is 0 Å². The Bertz CT molecular complexity index is 1050. The average molecular weight is 283 g/mol. The third-order valence-corrected chi connectivity index (χ3v) is 3.77. The molecule has 4 aromatic rings. The van der Waals surface area contributed by atoms with E-state index in [2.05, 4.69) is 29.0 Å². The van der Waals surface area contributed by atoms with Gasteiger partial charge in [0.05, 0.1) is 5.39 Å². The van der Waals surface area contributed by atoms with E-state index in [9.17, 15) is 9.90 Å². The minimum atomic E-state index is -0.452. The first-order valence-electron chi connectivity index (χ1n) is 6.71. The largest absolute Gasteiger partial charge is 0.502 e. The molecule has 0 unspecified atom stereocenters. The van der Waals surface area contributed by atoms with Crippen LogP contribution in [-0.2, 0) is 0 Å². The average Bonchev–Trinajstić information content (AvgIpc) is 3.04. The van der Waals surface area contributed by atoms with Crippen molar-refractivity contribution in [2.75, 3.05) is 0 Å². The summed E-state index contributed by atoms with van der Waals surface area (Å²) in [4.78, 5) is 16.1. The number of nitrogens with zero attached hydrogens (tertiary/aromatic N) is 1. The lowest BCUT2D eigenvalue weighted by Gasteiger charge is -2.06. The smallest absolute Gasteiger partial charge is 0.224 e. The number of pyridine rings is 1. The van der Waals surface area contributed by atoms with Crippen LogP contribution in [0.2, 0.25) is 0 Å². The number of phenolic OH excluding ortho intramolecular Hbond substituents is 1. The van der Waals surface area contributed by atoms with Crippen LogP contribution in [0.25, 0.3) is 33.1 Å². The molecule has 0 radical (unpaired) electrons. The molecule has 0 spiro atoms. The highest BCUT2D eigenvalue weighted by molar-refractivity contribution is 6.09. The van der Waals surface area contributed by atoms with Crippen molar-refractivity contribution in [1.29, 1.82) is 0 Å². The lowest BCUT2D eigenvalue weighted by Crippen LogP contribution is -1.95. The Labute approximate surface area is 118 Å². The number of aromatic nitrogens is 3. The Morgan fingerprint density at radius 1 is 1.24 bits per heavy atom. The number of rotatable bonds is 1. The number of aromatic hydroxyl groups is 1. The molecule has 6 nitrogen and oxygen atoms in total. The number of phenols is 1. The Balaban J connectivity index is 2.32. The van der Waals surface area contributed by atoms with Crippen LogP contribution in [0, 0.1) is 0 Å². The maximum atomic E-state index is 11.6. The first-order chi connectivity index (χ1) is 10.1. The van der Waals surface area contributed by atoms with Gasteiger partial charge in [0.25, 0.3) is 0 Å². The molecule has 0 atom stereocenters. The van der Waals surface area contributed by atoms with Gasteiger partial charge in [-0.1, -0.05) is 13.8 Å². The maximum Gasteiger partial charge on any atom is 0.224 e. The van der Waals surface area contributed by atoms with Gasteiger partial charge in [-0.05, 0) is 18.1 Å². The first kappa shape index (κ1) is 12.0. The third-order valence-electron chi connectivity index (χ3n) is 3.77. The van der Waals surface area contributed by atoms with Crippen LogP contribution in [0.5, 0.6) is 5.75 Å². The molecule has 0 bridgehead atoms. The second-order valence-electron chi connectivity index (χ2n) is 5.42. The Morgan fingerprint density at radius 3 is 2.81 bits per heavy atom. The van der Waals surface area contributed by atoms with Crippen molar-refractivity contribution in [1.82, 2.24) is 15.2 Å². The van der Waals surface area contributed by atoms with Gasteiger partial charge < -0.3 is 14.6 Å². The van der Waals surface area contributed by atoms with Gasteiger partial charge in [-0.15, -0.1) is 0 Å². The van der Waals surface area contributed by atoms with E-state index in [0.29, 0.717) is 16.5 Å². The van der Waals surface area contributed by atoms with E-state index in [1.54, 1.807) is 6.07 Å². The number of aromatic amines is 2. The zero-order chi connectivity index (χ0) is 14.7. The zero-order valence-electron chi connectivity index (χ0n) is 11.5. The van der Waals surface area contributed by atoms with Gasteiger partial charge in [0.2, 0.25) is 11.2 Å². The van der Waals surface area contributed by atoms with Crippen molar-refractivity contribution < 1.29 is 9.52 Å². The minimum absolute atomic E-state index is 0.198. The molecule has 3 heterocycles. The molecule has 0 saturated heterocycles. The number of benzene rings is 1. The number of H-pyrrole nitrogens is 2. The van der Waals surface area contributed by atoms with Gasteiger partial charge in [0.1, 0.15) is 5.52 Å². The Hall–Kier alpha value is -2.76. The van der Waals surface area contributed by atoms with Crippen LogP contribution in [0.1, 0.15) is 25.3 Å². The fourth-order valence-corrected chi connectivity index (χ4v) is 2.82. The molecule has 6 heteroatoms. The Kier molecular flexibility index (Phi) is 2.22. The predicted molar refractivity (Wildman–Crippen MR) is 79.7 cm³/mol. The van der Waals surface area contributed by atoms with Gasteiger partial charge in [-0.3, -0.25) is 9.89 Å². The van der Waals surface area contributed by atoms with Crippen molar-refractivity contribution in [3.63, 3.8) is 0 Å². The van der Waals surface area contributed by atoms with Crippen LogP contribution < -0.4 is 5.43 Å². The van der Waals surface area contributed by atoms with Crippen LogP contribution >= 0.6 is 0 Å². The fraction of sp³-hybridized carbons (Fsp3) is 0.200. The van der Waals surface area contributed by atoms with E-state index in [1.165, 1.54) is 6.07 Å². The molecule has 1 aromatic carbocycles. The van der Waals surface area contributed by atoms with Gasteiger partial charge >= 0.3 is 0 Å². The molecule has 3 aromatic heterocycles. The van der Waals surface area contributed by atoms with Crippen LogP contribution in [-0.4, -0.2) is 20.3 Å². The van der Waals surface area contributed by atoms with Crippen molar-refractivity contribution in [2.24, 2.45) is 0 Å². The summed E-state index contributed by atoms with van der Waals surface area (Å²) in [6, 6.07) is 2.97. The van der Waals surface area contributed by atoms with E-state index in [1.807, 2.05) is 6.20 Å². The number of fused-ring (bicyclic) bond motifs is 4. The standard InChI is InChI=1S/C15H13N3O3/c1-6(2)10-8-5-16-18-15(8)17-11-7-3-4-9(19)12(20)13(7)21-14(10)11/h3-6,20H,1-2H3,(H2,16,17,18). The highest BCUT2D eigenvalue weighted by Gasteiger charge is 2.21. The number of hydrogen-bond acceptors (Lipinski definition) is 4. The predicted octanol–water partition coefficient (Wildman–Crippen LogP) is 2.98. The van der Waals surface area contributed by atoms with Gasteiger partial charge in [-0.2, -0.15) is 0 Å². The zero-order valence-corrected chi connectivity index (χ0v) is 11.5. The first-order valence-corrected chi connectivity index (χ1v) is 6.71. The number of nitrogens with one attached hydrogen (secondary N) is 2. The number of furan rings is 1. The molecule has 0 amide bonds. The summed E-state index contributed by atoms with van der Waals surface area (Å²) in [6.07, 6.45) is 1.84. The molecule has 21 heavy (non-hydrogen) atoms. The number of hydrogen-bond donors (Lipinski definition) is 3. The lowest BCUT2D eigenvalue weighted by molar-refractivity contribution is 0.463. The molecule has 0 aliphatic carbocycles. The van der Waals surface area contributed by atoms with Crippen LogP contribution in [0.15, 0.2) is 27.5 Å².